The number of unbranched alkanes of at least 4 members (excludes halogenated alkanes) is 1. The normalized spacial score (nSPS) is 12.8. The molecule has 0 aliphatic carbocycles. The van der Waals surface area contributed by atoms with Crippen molar-refractivity contribution in [1.82, 2.24) is 5.32 Å². The van der Waals surface area contributed by atoms with Crippen LogP contribution in [-0.2, 0) is 4.79 Å². The van der Waals surface area contributed by atoms with Gasteiger partial charge in [-0.15, -0.1) is 12.4 Å². The van der Waals surface area contributed by atoms with Gasteiger partial charge in [-0.25, -0.2) is 0 Å². The Bertz CT molecular complexity index is 200. The summed E-state index contributed by atoms with van der Waals surface area (Å²) in [5.74, 6) is -1.01. The molecule has 0 rings (SSSR count). The van der Waals surface area contributed by atoms with E-state index in [-0.39, 0.29) is 25.0 Å². The van der Waals surface area contributed by atoms with E-state index in [1.54, 1.807) is 0 Å². The van der Waals surface area contributed by atoms with Gasteiger partial charge in [0.1, 0.15) is 6.42 Å². The van der Waals surface area contributed by atoms with Crippen molar-refractivity contribution in [1.29, 1.82) is 0 Å². The summed E-state index contributed by atoms with van der Waals surface area (Å²) in [6.07, 6.45) is -3.50. The molecule has 16 heavy (non-hydrogen) atoms. The zero-order chi connectivity index (χ0) is 11.9. The first-order valence-corrected chi connectivity index (χ1v) is 4.95. The van der Waals surface area contributed by atoms with Crippen LogP contribution in [0.3, 0.4) is 0 Å². The Morgan fingerprint density at radius 1 is 1.44 bits per heavy atom. The highest BCUT2D eigenvalue weighted by atomic mass is 35.5. The summed E-state index contributed by atoms with van der Waals surface area (Å²) in [4.78, 5) is 10.9. The van der Waals surface area contributed by atoms with Crippen molar-refractivity contribution in [2.24, 2.45) is 5.73 Å². The fraction of sp³-hybridized carbons (Fsp3) is 0.889. The number of halogens is 4. The maximum absolute atomic E-state index is 11.8. The number of alkyl halides is 3. The summed E-state index contributed by atoms with van der Waals surface area (Å²) in [5, 5.41) is 2.27. The predicted octanol–water partition coefficient (Wildman–Crippen LogP) is 1.99. The van der Waals surface area contributed by atoms with Crippen LogP contribution in [0.5, 0.6) is 0 Å². The fourth-order valence-corrected chi connectivity index (χ4v) is 1.16. The molecule has 3 N–H and O–H groups in total. The summed E-state index contributed by atoms with van der Waals surface area (Å²) in [7, 11) is 0. The van der Waals surface area contributed by atoms with Crippen molar-refractivity contribution in [3.63, 3.8) is 0 Å². The predicted molar refractivity (Wildman–Crippen MR) is 58.4 cm³/mol. The summed E-state index contributed by atoms with van der Waals surface area (Å²) in [5.41, 5.74) is 5.33. The van der Waals surface area contributed by atoms with E-state index in [1.807, 2.05) is 6.92 Å². The largest absolute Gasteiger partial charge is 0.397 e. The minimum Gasteiger partial charge on any atom is -0.352 e. The van der Waals surface area contributed by atoms with E-state index in [4.69, 9.17) is 5.73 Å². The SMILES string of the molecule is CCCCC(CN)NC(=O)CC(F)(F)F.Cl. The molecule has 0 radical (unpaired) electrons. The molecule has 1 atom stereocenters. The fourth-order valence-electron chi connectivity index (χ4n) is 1.16. The Morgan fingerprint density at radius 2 is 2.00 bits per heavy atom. The summed E-state index contributed by atoms with van der Waals surface area (Å²) in [6, 6.07) is -0.347. The van der Waals surface area contributed by atoms with Gasteiger partial charge in [0.15, 0.2) is 0 Å². The molecule has 0 spiro atoms. The van der Waals surface area contributed by atoms with Crippen LogP contribution in [0.4, 0.5) is 13.2 Å². The third kappa shape index (κ3) is 10.0. The number of rotatable bonds is 6. The lowest BCUT2D eigenvalue weighted by Crippen LogP contribution is -2.41. The van der Waals surface area contributed by atoms with Crippen LogP contribution in [0.25, 0.3) is 0 Å². The Balaban J connectivity index is 0. The van der Waals surface area contributed by atoms with E-state index >= 15 is 0 Å². The first-order chi connectivity index (χ1) is 6.89. The van der Waals surface area contributed by atoms with Crippen LogP contribution in [0.1, 0.15) is 32.6 Å². The summed E-state index contributed by atoms with van der Waals surface area (Å²) >= 11 is 0. The average molecular weight is 263 g/mol. The average Bonchev–Trinajstić information content (AvgIpc) is 2.09. The van der Waals surface area contributed by atoms with Crippen molar-refractivity contribution in [2.45, 2.75) is 44.8 Å². The van der Waals surface area contributed by atoms with Crippen molar-refractivity contribution in [3.05, 3.63) is 0 Å². The van der Waals surface area contributed by atoms with Crippen molar-refractivity contribution in [3.8, 4) is 0 Å². The molecular weight excluding hydrogens is 245 g/mol. The number of carbonyl (C=O) groups excluding carboxylic acids is 1. The quantitative estimate of drug-likeness (QED) is 0.769. The molecule has 0 saturated heterocycles. The molecule has 98 valence electrons. The lowest BCUT2D eigenvalue weighted by atomic mass is 10.1. The van der Waals surface area contributed by atoms with Gasteiger partial charge in [-0.2, -0.15) is 13.2 Å². The van der Waals surface area contributed by atoms with E-state index < -0.39 is 18.5 Å². The van der Waals surface area contributed by atoms with Gasteiger partial charge >= 0.3 is 6.18 Å². The first kappa shape index (κ1) is 17.9. The highest BCUT2D eigenvalue weighted by Gasteiger charge is 2.31. The second-order valence-electron chi connectivity index (χ2n) is 3.43. The molecule has 0 saturated carbocycles. The number of hydrogen-bond donors (Lipinski definition) is 2. The van der Waals surface area contributed by atoms with E-state index in [9.17, 15) is 18.0 Å². The van der Waals surface area contributed by atoms with Crippen LogP contribution in [-0.4, -0.2) is 24.7 Å². The zero-order valence-electron chi connectivity index (χ0n) is 9.14. The second-order valence-corrected chi connectivity index (χ2v) is 3.43. The van der Waals surface area contributed by atoms with E-state index in [0.717, 1.165) is 12.8 Å². The minimum absolute atomic E-state index is 0. The summed E-state index contributed by atoms with van der Waals surface area (Å²) in [6.45, 7) is 2.13. The van der Waals surface area contributed by atoms with Crippen molar-refractivity contribution < 1.29 is 18.0 Å². The molecule has 0 aromatic heterocycles. The maximum atomic E-state index is 11.8. The van der Waals surface area contributed by atoms with E-state index in [2.05, 4.69) is 5.32 Å². The maximum Gasteiger partial charge on any atom is 0.397 e. The van der Waals surface area contributed by atoms with Gasteiger partial charge in [-0.05, 0) is 6.42 Å². The third-order valence-corrected chi connectivity index (χ3v) is 1.92. The second kappa shape index (κ2) is 8.64. The van der Waals surface area contributed by atoms with Gasteiger partial charge in [0.2, 0.25) is 5.91 Å². The van der Waals surface area contributed by atoms with Crippen molar-refractivity contribution >= 4 is 18.3 Å². The van der Waals surface area contributed by atoms with Gasteiger partial charge in [-0.3, -0.25) is 4.79 Å². The monoisotopic (exact) mass is 262 g/mol. The number of nitrogens with one attached hydrogen (secondary N) is 1. The van der Waals surface area contributed by atoms with Gasteiger partial charge < -0.3 is 11.1 Å². The Morgan fingerprint density at radius 3 is 2.38 bits per heavy atom. The molecule has 0 aromatic rings. The van der Waals surface area contributed by atoms with Gasteiger partial charge in [0.05, 0.1) is 0 Å². The van der Waals surface area contributed by atoms with Crippen molar-refractivity contribution in [2.75, 3.05) is 6.54 Å². The smallest absolute Gasteiger partial charge is 0.352 e. The minimum atomic E-state index is -4.45. The number of nitrogens with two attached hydrogens (primary N) is 1. The lowest BCUT2D eigenvalue weighted by molar-refractivity contribution is -0.154. The Labute approximate surface area is 99.4 Å². The first-order valence-electron chi connectivity index (χ1n) is 4.95. The molecule has 1 amide bonds. The van der Waals surface area contributed by atoms with E-state index in [1.165, 1.54) is 0 Å². The van der Waals surface area contributed by atoms with Gasteiger partial charge in [-0.1, -0.05) is 19.8 Å². The molecule has 0 aromatic carbocycles. The van der Waals surface area contributed by atoms with Gasteiger partial charge in [0, 0.05) is 12.6 Å². The van der Waals surface area contributed by atoms with Crippen LogP contribution >= 0.6 is 12.4 Å². The molecule has 0 aliphatic heterocycles. The van der Waals surface area contributed by atoms with E-state index in [0.29, 0.717) is 6.42 Å². The highest BCUT2D eigenvalue weighted by Crippen LogP contribution is 2.19. The molecule has 0 fully saturated rings. The number of amides is 1. The Kier molecular flexibility index (Phi) is 9.66. The lowest BCUT2D eigenvalue weighted by Gasteiger charge is -2.16. The molecule has 1 unspecified atom stereocenters. The molecule has 0 bridgehead atoms. The molecule has 3 nitrogen and oxygen atoms in total. The summed E-state index contributed by atoms with van der Waals surface area (Å²) < 4.78 is 35.5. The zero-order valence-corrected chi connectivity index (χ0v) is 9.96. The molecule has 7 heteroatoms. The van der Waals surface area contributed by atoms with Gasteiger partial charge in [0.25, 0.3) is 0 Å². The van der Waals surface area contributed by atoms with Crippen LogP contribution in [0, 0.1) is 0 Å². The molecular formula is C9H18ClF3N2O. The topological polar surface area (TPSA) is 55.1 Å². The number of carbonyl (C=O) groups is 1. The van der Waals surface area contributed by atoms with Crippen LogP contribution < -0.4 is 11.1 Å². The van der Waals surface area contributed by atoms with Crippen LogP contribution in [0.2, 0.25) is 0 Å². The molecule has 0 aliphatic rings. The molecule has 0 heterocycles. The Hall–Kier alpha value is -0.490. The standard InChI is InChI=1S/C9H17F3N2O.ClH/c1-2-3-4-7(6-13)14-8(15)5-9(10,11)12;/h7H,2-6,13H2,1H3,(H,14,15);1H. The van der Waals surface area contributed by atoms with Crippen LogP contribution in [0.15, 0.2) is 0 Å². The highest BCUT2D eigenvalue weighted by molar-refractivity contribution is 5.85. The third-order valence-electron chi connectivity index (χ3n) is 1.92. The number of hydrogen-bond acceptors (Lipinski definition) is 2.